The van der Waals surface area contributed by atoms with E-state index in [-0.39, 0.29) is 0 Å². The molecule has 0 aromatic heterocycles. The number of aryl methyl sites for hydroxylation is 1. The maximum absolute atomic E-state index is 6.08. The molecule has 0 spiro atoms. The van der Waals surface area contributed by atoms with Crippen LogP contribution in [0.1, 0.15) is 74.5 Å². The van der Waals surface area contributed by atoms with Crippen molar-refractivity contribution in [2.75, 3.05) is 0 Å². The highest BCUT2D eigenvalue weighted by atomic mass is 14.6. The average Bonchev–Trinajstić information content (AvgIpc) is 2.97. The highest BCUT2D eigenvalue weighted by Gasteiger charge is 2.25. The zero-order valence-corrected chi connectivity index (χ0v) is 14.1. The summed E-state index contributed by atoms with van der Waals surface area (Å²) in [5.74, 6) is 1.61. The molecule has 1 nitrogen and oxygen atoms in total. The predicted octanol–water partition coefficient (Wildman–Crippen LogP) is 5.13. The van der Waals surface area contributed by atoms with Gasteiger partial charge in [-0.15, -0.1) is 0 Å². The smallest absolute Gasteiger partial charge is 0.00448 e. The first-order chi connectivity index (χ1) is 10.8. The number of hydrogen-bond acceptors (Lipinski definition) is 1. The summed E-state index contributed by atoms with van der Waals surface area (Å²) in [6, 6.07) is 7.75. The van der Waals surface area contributed by atoms with E-state index in [1.165, 1.54) is 57.8 Å². The topological polar surface area (TPSA) is 26.0 Å². The molecule has 2 aliphatic carbocycles. The lowest BCUT2D eigenvalue weighted by molar-refractivity contribution is 0.430. The third-order valence-electron chi connectivity index (χ3n) is 5.65. The number of benzene rings is 1. The molecule has 120 valence electrons. The van der Waals surface area contributed by atoms with Gasteiger partial charge in [0, 0.05) is 6.04 Å². The van der Waals surface area contributed by atoms with Crippen molar-refractivity contribution in [3.63, 3.8) is 0 Å². The largest absolute Gasteiger partial charge is 0.328 e. The summed E-state index contributed by atoms with van der Waals surface area (Å²) in [6.07, 6.45) is 16.1. The second-order valence-corrected chi connectivity index (χ2v) is 7.36. The SMILES string of the molecule is CC/C=C/CC[C@H]1CCc2cc(C3CCC(N)C3)ccc2C1. The first kappa shape index (κ1) is 15.8. The van der Waals surface area contributed by atoms with Gasteiger partial charge in [-0.05, 0) is 86.3 Å². The molecule has 22 heavy (non-hydrogen) atoms. The van der Waals surface area contributed by atoms with Gasteiger partial charge in [0.05, 0.1) is 0 Å². The third kappa shape index (κ3) is 3.81. The van der Waals surface area contributed by atoms with Gasteiger partial charge in [-0.2, -0.15) is 0 Å². The van der Waals surface area contributed by atoms with Crippen LogP contribution in [0.25, 0.3) is 0 Å². The zero-order valence-electron chi connectivity index (χ0n) is 14.1. The summed E-state index contributed by atoms with van der Waals surface area (Å²) >= 11 is 0. The van der Waals surface area contributed by atoms with E-state index in [4.69, 9.17) is 5.73 Å². The highest BCUT2D eigenvalue weighted by molar-refractivity contribution is 5.36. The standard InChI is InChI=1S/C21H31N/c1-2-3-4-5-6-16-7-8-18-14-19(10-9-17(18)13-16)20-11-12-21(22)15-20/h3-4,9-10,14,16,20-21H,2,5-8,11-13,15,22H2,1H3/b4-3+/t16-,20?,21?/m0/s1. The van der Waals surface area contributed by atoms with E-state index in [2.05, 4.69) is 37.3 Å². The first-order valence-corrected chi connectivity index (χ1v) is 9.28. The fraction of sp³-hybridized carbons (Fsp3) is 0.619. The van der Waals surface area contributed by atoms with E-state index >= 15 is 0 Å². The minimum absolute atomic E-state index is 0.432. The van der Waals surface area contributed by atoms with Crippen LogP contribution in [0.15, 0.2) is 30.4 Å². The second kappa shape index (κ2) is 7.46. The molecule has 0 saturated heterocycles. The first-order valence-electron chi connectivity index (χ1n) is 9.28. The van der Waals surface area contributed by atoms with Gasteiger partial charge in [0.15, 0.2) is 0 Å². The molecule has 1 fully saturated rings. The fourth-order valence-corrected chi connectivity index (χ4v) is 4.29. The number of fused-ring (bicyclic) bond motifs is 1. The Morgan fingerprint density at radius 1 is 1.14 bits per heavy atom. The molecule has 0 amide bonds. The number of rotatable bonds is 5. The third-order valence-corrected chi connectivity index (χ3v) is 5.65. The molecule has 3 atom stereocenters. The van der Waals surface area contributed by atoms with Crippen molar-refractivity contribution in [3.8, 4) is 0 Å². The van der Waals surface area contributed by atoms with Gasteiger partial charge in [0.25, 0.3) is 0 Å². The van der Waals surface area contributed by atoms with Gasteiger partial charge in [-0.1, -0.05) is 37.3 Å². The molecule has 0 aliphatic heterocycles. The van der Waals surface area contributed by atoms with E-state index in [1.54, 1.807) is 16.7 Å². The van der Waals surface area contributed by atoms with Gasteiger partial charge < -0.3 is 5.73 Å². The van der Waals surface area contributed by atoms with Crippen LogP contribution < -0.4 is 5.73 Å². The average molecular weight is 297 g/mol. The summed E-state index contributed by atoms with van der Waals surface area (Å²) < 4.78 is 0. The minimum Gasteiger partial charge on any atom is -0.328 e. The Bertz CT molecular complexity index is 517. The van der Waals surface area contributed by atoms with Crippen molar-refractivity contribution >= 4 is 0 Å². The van der Waals surface area contributed by atoms with Crippen molar-refractivity contribution in [2.45, 2.75) is 76.7 Å². The van der Waals surface area contributed by atoms with Crippen LogP contribution in [0.4, 0.5) is 0 Å². The van der Waals surface area contributed by atoms with Gasteiger partial charge >= 0.3 is 0 Å². The van der Waals surface area contributed by atoms with Crippen LogP contribution in [0, 0.1) is 5.92 Å². The molecule has 0 radical (unpaired) electrons. The maximum Gasteiger partial charge on any atom is 0.00448 e. The van der Waals surface area contributed by atoms with Gasteiger partial charge in [-0.3, -0.25) is 0 Å². The number of nitrogens with two attached hydrogens (primary N) is 1. The molecule has 2 aliphatic rings. The van der Waals surface area contributed by atoms with Crippen molar-refractivity contribution in [2.24, 2.45) is 11.7 Å². The Hall–Kier alpha value is -1.08. The summed E-state index contributed by atoms with van der Waals surface area (Å²) in [6.45, 7) is 2.21. The minimum atomic E-state index is 0.432. The van der Waals surface area contributed by atoms with Gasteiger partial charge in [-0.25, -0.2) is 0 Å². The summed E-state index contributed by atoms with van der Waals surface area (Å²) in [7, 11) is 0. The fourth-order valence-electron chi connectivity index (χ4n) is 4.29. The molecule has 2 N–H and O–H groups in total. The lowest BCUT2D eigenvalue weighted by atomic mass is 9.80. The molecule has 0 bridgehead atoms. The van der Waals surface area contributed by atoms with Crippen LogP contribution >= 0.6 is 0 Å². The monoisotopic (exact) mass is 297 g/mol. The number of allylic oxidation sites excluding steroid dienone is 2. The Balaban J connectivity index is 1.60. The van der Waals surface area contributed by atoms with E-state index in [0.29, 0.717) is 6.04 Å². The molecular formula is C21H31N. The molecular weight excluding hydrogens is 266 g/mol. The van der Waals surface area contributed by atoms with Crippen LogP contribution in [-0.2, 0) is 12.8 Å². The van der Waals surface area contributed by atoms with E-state index in [0.717, 1.165) is 11.8 Å². The lowest BCUT2D eigenvalue weighted by Crippen LogP contribution is -2.15. The lowest BCUT2D eigenvalue weighted by Gasteiger charge is -2.25. The summed E-state index contributed by atoms with van der Waals surface area (Å²) in [4.78, 5) is 0. The van der Waals surface area contributed by atoms with Gasteiger partial charge in [0.1, 0.15) is 0 Å². The maximum atomic E-state index is 6.08. The van der Waals surface area contributed by atoms with Crippen LogP contribution in [0.2, 0.25) is 0 Å². The highest BCUT2D eigenvalue weighted by Crippen LogP contribution is 2.36. The van der Waals surface area contributed by atoms with Crippen molar-refractivity contribution in [1.82, 2.24) is 0 Å². The Morgan fingerprint density at radius 2 is 2.05 bits per heavy atom. The number of hydrogen-bond donors (Lipinski definition) is 1. The second-order valence-electron chi connectivity index (χ2n) is 7.36. The quantitative estimate of drug-likeness (QED) is 0.749. The van der Waals surface area contributed by atoms with Crippen molar-refractivity contribution in [1.29, 1.82) is 0 Å². The molecule has 2 unspecified atom stereocenters. The zero-order chi connectivity index (χ0) is 15.4. The van der Waals surface area contributed by atoms with Gasteiger partial charge in [0.2, 0.25) is 0 Å². The van der Waals surface area contributed by atoms with Crippen LogP contribution in [-0.4, -0.2) is 6.04 Å². The molecule has 1 aromatic rings. The molecule has 1 heteroatoms. The van der Waals surface area contributed by atoms with Crippen molar-refractivity contribution in [3.05, 3.63) is 47.0 Å². The van der Waals surface area contributed by atoms with Crippen molar-refractivity contribution < 1.29 is 0 Å². The van der Waals surface area contributed by atoms with E-state index in [1.807, 2.05) is 0 Å². The normalized spacial score (nSPS) is 28.2. The molecule has 0 heterocycles. The Kier molecular flexibility index (Phi) is 5.36. The molecule has 1 saturated carbocycles. The Morgan fingerprint density at radius 3 is 2.82 bits per heavy atom. The van der Waals surface area contributed by atoms with E-state index < -0.39 is 0 Å². The Labute approximate surface area is 136 Å². The molecule has 3 rings (SSSR count). The van der Waals surface area contributed by atoms with Crippen LogP contribution in [0.3, 0.4) is 0 Å². The van der Waals surface area contributed by atoms with E-state index in [9.17, 15) is 0 Å². The molecule has 1 aromatic carbocycles. The summed E-state index contributed by atoms with van der Waals surface area (Å²) in [5.41, 5.74) is 10.9. The van der Waals surface area contributed by atoms with Crippen LogP contribution in [0.5, 0.6) is 0 Å². The summed E-state index contributed by atoms with van der Waals surface area (Å²) in [5, 5.41) is 0. The predicted molar refractivity (Wildman–Crippen MR) is 95.2 cm³/mol.